The van der Waals surface area contributed by atoms with Crippen LogP contribution in [0.1, 0.15) is 81.5 Å². The molecule has 0 bridgehead atoms. The molecule has 1 aromatic heterocycles. The van der Waals surface area contributed by atoms with E-state index < -0.39 is 0 Å². The van der Waals surface area contributed by atoms with E-state index in [0.717, 1.165) is 12.0 Å². The lowest BCUT2D eigenvalue weighted by molar-refractivity contribution is 0.372. The summed E-state index contributed by atoms with van der Waals surface area (Å²) in [5, 5.41) is 3.71. The van der Waals surface area contributed by atoms with E-state index in [1.807, 2.05) is 0 Å². The average molecular weight is 414 g/mol. The van der Waals surface area contributed by atoms with Crippen molar-refractivity contribution in [1.29, 1.82) is 0 Å². The number of hydrogen-bond donors (Lipinski definition) is 1. The summed E-state index contributed by atoms with van der Waals surface area (Å²) in [5.41, 5.74) is 7.83. The predicted octanol–water partition coefficient (Wildman–Crippen LogP) is 6.47. The molecule has 1 atom stereocenters. The lowest BCUT2D eigenvalue weighted by Crippen LogP contribution is -2.03. The Morgan fingerprint density at radius 3 is 2.26 bits per heavy atom. The standard InChI is InChI=1S/C21H32ClN3O.ClH/c1-2-3-4-5-6-7-8-9-10-17-11-13-18(14-12-17)20-24-21(26-25-20)19(22)15-16-23;/h11-14,19H,2-10,15-16,23H2,1H3;1H. The molecule has 6 heteroatoms. The lowest BCUT2D eigenvalue weighted by atomic mass is 10.0. The first-order valence-electron chi connectivity index (χ1n) is 10.0. The second-order valence-corrected chi connectivity index (χ2v) is 7.45. The van der Waals surface area contributed by atoms with Crippen molar-refractivity contribution in [2.75, 3.05) is 6.54 Å². The quantitative estimate of drug-likeness (QED) is 0.301. The maximum absolute atomic E-state index is 6.17. The second kappa shape index (κ2) is 14.0. The number of nitrogens with zero attached hydrogens (tertiary/aromatic N) is 2. The molecule has 2 rings (SSSR count). The van der Waals surface area contributed by atoms with E-state index in [1.165, 1.54) is 56.9 Å². The third kappa shape index (κ3) is 8.63. The van der Waals surface area contributed by atoms with Crippen LogP contribution in [0.25, 0.3) is 11.4 Å². The van der Waals surface area contributed by atoms with Gasteiger partial charge in [0.15, 0.2) is 0 Å². The number of aromatic nitrogens is 2. The van der Waals surface area contributed by atoms with Gasteiger partial charge in [-0.1, -0.05) is 81.3 Å². The van der Waals surface area contributed by atoms with Crippen molar-refractivity contribution < 1.29 is 4.52 Å². The molecule has 0 saturated heterocycles. The van der Waals surface area contributed by atoms with E-state index in [-0.39, 0.29) is 17.8 Å². The van der Waals surface area contributed by atoms with Gasteiger partial charge < -0.3 is 10.3 Å². The zero-order chi connectivity index (χ0) is 18.6. The Morgan fingerprint density at radius 2 is 1.63 bits per heavy atom. The molecule has 2 N–H and O–H groups in total. The fourth-order valence-corrected chi connectivity index (χ4v) is 3.25. The number of halogens is 2. The van der Waals surface area contributed by atoms with Crippen LogP contribution in [0.5, 0.6) is 0 Å². The highest BCUT2D eigenvalue weighted by Crippen LogP contribution is 2.25. The van der Waals surface area contributed by atoms with Crippen LogP contribution in [0.3, 0.4) is 0 Å². The van der Waals surface area contributed by atoms with Gasteiger partial charge in [-0.25, -0.2) is 0 Å². The van der Waals surface area contributed by atoms with E-state index in [9.17, 15) is 0 Å². The molecule has 2 aromatic rings. The summed E-state index contributed by atoms with van der Waals surface area (Å²) in [6, 6.07) is 8.43. The van der Waals surface area contributed by atoms with Gasteiger partial charge in [-0.05, 0) is 31.4 Å². The highest BCUT2D eigenvalue weighted by Gasteiger charge is 2.16. The smallest absolute Gasteiger partial charge is 0.245 e. The van der Waals surface area contributed by atoms with Gasteiger partial charge in [-0.3, -0.25) is 0 Å². The Hall–Kier alpha value is -1.10. The largest absolute Gasteiger partial charge is 0.337 e. The van der Waals surface area contributed by atoms with Crippen molar-refractivity contribution in [3.05, 3.63) is 35.7 Å². The van der Waals surface area contributed by atoms with Crippen LogP contribution >= 0.6 is 24.0 Å². The molecule has 4 nitrogen and oxygen atoms in total. The molecule has 0 spiro atoms. The molecule has 152 valence electrons. The zero-order valence-electron chi connectivity index (χ0n) is 16.3. The molecular formula is C21H33Cl2N3O. The molecule has 1 heterocycles. The third-order valence-electron chi connectivity index (χ3n) is 4.66. The number of rotatable bonds is 13. The maximum Gasteiger partial charge on any atom is 0.245 e. The third-order valence-corrected chi connectivity index (χ3v) is 5.07. The Balaban J connectivity index is 0.00000364. The number of nitrogens with two attached hydrogens (primary N) is 1. The highest BCUT2D eigenvalue weighted by atomic mass is 35.5. The van der Waals surface area contributed by atoms with E-state index in [1.54, 1.807) is 0 Å². The summed E-state index contributed by atoms with van der Waals surface area (Å²) in [6.07, 6.45) is 12.6. The highest BCUT2D eigenvalue weighted by molar-refractivity contribution is 6.20. The first-order chi connectivity index (χ1) is 12.7. The van der Waals surface area contributed by atoms with Crippen molar-refractivity contribution in [2.24, 2.45) is 5.73 Å². The topological polar surface area (TPSA) is 64.9 Å². The van der Waals surface area contributed by atoms with Gasteiger partial charge in [0, 0.05) is 5.56 Å². The van der Waals surface area contributed by atoms with Crippen LogP contribution in [0.2, 0.25) is 0 Å². The summed E-state index contributed by atoms with van der Waals surface area (Å²) in [5.74, 6) is 1.02. The van der Waals surface area contributed by atoms with Gasteiger partial charge in [-0.2, -0.15) is 4.98 Å². The van der Waals surface area contributed by atoms with Gasteiger partial charge in [0.1, 0.15) is 5.38 Å². The van der Waals surface area contributed by atoms with Gasteiger partial charge in [0.2, 0.25) is 11.7 Å². The van der Waals surface area contributed by atoms with Crippen LogP contribution < -0.4 is 5.73 Å². The van der Waals surface area contributed by atoms with E-state index in [2.05, 4.69) is 41.3 Å². The molecule has 0 radical (unpaired) electrons. The predicted molar refractivity (Wildman–Crippen MR) is 116 cm³/mol. The molecular weight excluding hydrogens is 381 g/mol. The average Bonchev–Trinajstić information content (AvgIpc) is 3.15. The number of alkyl halides is 1. The molecule has 1 aromatic carbocycles. The van der Waals surface area contributed by atoms with Crippen LogP contribution in [-0.4, -0.2) is 16.7 Å². The first-order valence-corrected chi connectivity index (χ1v) is 10.4. The lowest BCUT2D eigenvalue weighted by Gasteiger charge is -2.03. The van der Waals surface area contributed by atoms with Crippen molar-refractivity contribution in [2.45, 2.75) is 76.5 Å². The molecule has 27 heavy (non-hydrogen) atoms. The minimum absolute atomic E-state index is 0. The Labute approximate surface area is 174 Å². The van der Waals surface area contributed by atoms with Crippen LogP contribution in [0.4, 0.5) is 0 Å². The molecule has 0 aliphatic rings. The maximum atomic E-state index is 6.17. The Morgan fingerprint density at radius 1 is 1.00 bits per heavy atom. The van der Waals surface area contributed by atoms with E-state index >= 15 is 0 Å². The summed E-state index contributed by atoms with van der Waals surface area (Å²) >= 11 is 6.17. The first kappa shape index (κ1) is 23.9. The molecule has 0 aliphatic heterocycles. The van der Waals surface area contributed by atoms with E-state index in [0.29, 0.717) is 24.7 Å². The summed E-state index contributed by atoms with van der Waals surface area (Å²) in [6.45, 7) is 2.76. The zero-order valence-corrected chi connectivity index (χ0v) is 17.9. The minimum Gasteiger partial charge on any atom is -0.337 e. The van der Waals surface area contributed by atoms with Gasteiger partial charge >= 0.3 is 0 Å². The van der Waals surface area contributed by atoms with Crippen molar-refractivity contribution in [3.63, 3.8) is 0 Å². The van der Waals surface area contributed by atoms with Gasteiger partial charge in [-0.15, -0.1) is 24.0 Å². The minimum atomic E-state index is -0.317. The molecule has 0 aliphatic carbocycles. The molecule has 0 fully saturated rings. The fourth-order valence-electron chi connectivity index (χ4n) is 3.03. The Kier molecular flexibility index (Phi) is 12.4. The van der Waals surface area contributed by atoms with Crippen molar-refractivity contribution in [1.82, 2.24) is 10.1 Å². The van der Waals surface area contributed by atoms with Crippen molar-refractivity contribution >= 4 is 24.0 Å². The summed E-state index contributed by atoms with van der Waals surface area (Å²) in [4.78, 5) is 4.38. The molecule has 0 amide bonds. The summed E-state index contributed by atoms with van der Waals surface area (Å²) < 4.78 is 5.24. The van der Waals surface area contributed by atoms with Gasteiger partial charge in [0.05, 0.1) is 0 Å². The normalized spacial score (nSPS) is 12.0. The van der Waals surface area contributed by atoms with Crippen LogP contribution in [-0.2, 0) is 6.42 Å². The number of unbranched alkanes of at least 4 members (excludes halogenated alkanes) is 7. The fraction of sp³-hybridized carbons (Fsp3) is 0.619. The monoisotopic (exact) mass is 413 g/mol. The number of hydrogen-bond acceptors (Lipinski definition) is 4. The van der Waals surface area contributed by atoms with Crippen molar-refractivity contribution in [3.8, 4) is 11.4 Å². The molecule has 1 unspecified atom stereocenters. The van der Waals surface area contributed by atoms with E-state index in [4.69, 9.17) is 21.9 Å². The Bertz CT molecular complexity index is 616. The summed E-state index contributed by atoms with van der Waals surface area (Å²) in [7, 11) is 0. The van der Waals surface area contributed by atoms with Crippen LogP contribution in [0.15, 0.2) is 28.8 Å². The SMILES string of the molecule is CCCCCCCCCCc1ccc(-c2noc(C(Cl)CCN)n2)cc1.Cl. The second-order valence-electron chi connectivity index (χ2n) is 6.92. The number of aryl methyl sites for hydroxylation is 1. The van der Waals surface area contributed by atoms with Crippen LogP contribution in [0, 0.1) is 0 Å². The molecule has 0 saturated carbocycles. The van der Waals surface area contributed by atoms with Gasteiger partial charge in [0.25, 0.3) is 0 Å². The number of benzene rings is 1.